The van der Waals surface area contributed by atoms with Gasteiger partial charge in [-0.2, -0.15) is 4.98 Å². The average Bonchev–Trinajstić information content (AvgIpc) is 2.77. The zero-order valence-electron chi connectivity index (χ0n) is 18.7. The molecular weight excluding hydrogens is 392 g/mol. The van der Waals surface area contributed by atoms with Gasteiger partial charge in [-0.15, -0.1) is 0 Å². The Morgan fingerprint density at radius 3 is 2.52 bits per heavy atom. The molecule has 0 atom stereocenters. The maximum Gasteiger partial charge on any atom is 0.351 e. The fourth-order valence-corrected chi connectivity index (χ4v) is 4.14. The molecule has 0 amide bonds. The molecule has 3 aromatic rings. The molecule has 0 fully saturated rings. The van der Waals surface area contributed by atoms with Crippen LogP contribution >= 0.6 is 0 Å². The van der Waals surface area contributed by atoms with Crippen LogP contribution in [0, 0.1) is 0 Å². The zero-order valence-corrected chi connectivity index (χ0v) is 18.7. The molecule has 162 valence electrons. The molecule has 0 N–H and O–H groups in total. The first-order chi connectivity index (χ1) is 15.0. The minimum Gasteiger partial charge on any atom is -0.493 e. The van der Waals surface area contributed by atoms with E-state index in [-0.39, 0.29) is 11.6 Å². The van der Waals surface area contributed by atoms with Crippen molar-refractivity contribution in [3.8, 4) is 34.4 Å². The molecular formula is C25H28N2O4. The van der Waals surface area contributed by atoms with Gasteiger partial charge in [-0.05, 0) is 47.6 Å². The predicted molar refractivity (Wildman–Crippen MR) is 121 cm³/mol. The number of hydrogen-bond acceptors (Lipinski definition) is 5. The van der Waals surface area contributed by atoms with Gasteiger partial charge in [0.15, 0.2) is 11.5 Å². The normalized spacial score (nSPS) is 12.3. The molecule has 0 spiro atoms. The molecule has 2 aromatic carbocycles. The van der Waals surface area contributed by atoms with Gasteiger partial charge in [0.05, 0.1) is 19.9 Å². The SMILES string of the molecule is CCc1cccc(C(C)C)c1Oc1cc2n(c(=O)n1)CCc1cc(OC)c(OC)cc1-2. The fraction of sp³-hybridized carbons (Fsp3) is 0.360. The third-order valence-corrected chi connectivity index (χ3v) is 5.81. The van der Waals surface area contributed by atoms with Crippen molar-refractivity contribution in [2.24, 2.45) is 0 Å². The molecule has 0 saturated heterocycles. The number of methoxy groups -OCH3 is 2. The van der Waals surface area contributed by atoms with Gasteiger partial charge in [0, 0.05) is 18.2 Å². The van der Waals surface area contributed by atoms with Crippen molar-refractivity contribution < 1.29 is 14.2 Å². The van der Waals surface area contributed by atoms with E-state index < -0.39 is 0 Å². The summed E-state index contributed by atoms with van der Waals surface area (Å²) in [5, 5.41) is 0. The van der Waals surface area contributed by atoms with E-state index in [1.165, 1.54) is 0 Å². The summed E-state index contributed by atoms with van der Waals surface area (Å²) in [5.41, 5.74) is 4.70. The van der Waals surface area contributed by atoms with E-state index in [1.807, 2.05) is 24.3 Å². The Kier molecular flexibility index (Phi) is 5.72. The summed E-state index contributed by atoms with van der Waals surface area (Å²) in [5.74, 6) is 2.69. The third kappa shape index (κ3) is 3.78. The van der Waals surface area contributed by atoms with Crippen molar-refractivity contribution in [3.05, 3.63) is 63.6 Å². The summed E-state index contributed by atoms with van der Waals surface area (Å²) in [6.45, 7) is 6.92. The van der Waals surface area contributed by atoms with Gasteiger partial charge < -0.3 is 14.2 Å². The maximum absolute atomic E-state index is 12.9. The molecule has 0 bridgehead atoms. The first-order valence-corrected chi connectivity index (χ1v) is 10.6. The summed E-state index contributed by atoms with van der Waals surface area (Å²) in [6, 6.07) is 11.9. The lowest BCUT2D eigenvalue weighted by molar-refractivity contribution is 0.354. The number of hydrogen-bond donors (Lipinski definition) is 0. The molecule has 2 heterocycles. The van der Waals surface area contributed by atoms with Crippen LogP contribution in [0.3, 0.4) is 0 Å². The van der Waals surface area contributed by atoms with Crippen LogP contribution in [-0.2, 0) is 19.4 Å². The second kappa shape index (κ2) is 8.46. The number of fused-ring (bicyclic) bond motifs is 3. The molecule has 31 heavy (non-hydrogen) atoms. The maximum atomic E-state index is 12.9. The van der Waals surface area contributed by atoms with E-state index in [1.54, 1.807) is 18.8 Å². The van der Waals surface area contributed by atoms with Gasteiger partial charge in [0.1, 0.15) is 5.75 Å². The second-order valence-corrected chi connectivity index (χ2v) is 7.97. The van der Waals surface area contributed by atoms with Gasteiger partial charge in [-0.25, -0.2) is 4.79 Å². The Morgan fingerprint density at radius 2 is 1.84 bits per heavy atom. The first kappa shape index (κ1) is 21.0. The van der Waals surface area contributed by atoms with Gasteiger partial charge in [0.2, 0.25) is 5.88 Å². The van der Waals surface area contributed by atoms with Gasteiger partial charge in [-0.3, -0.25) is 4.57 Å². The van der Waals surface area contributed by atoms with E-state index >= 15 is 0 Å². The number of para-hydroxylation sites is 1. The van der Waals surface area contributed by atoms with Crippen LogP contribution in [0.1, 0.15) is 43.4 Å². The lowest BCUT2D eigenvalue weighted by Crippen LogP contribution is -2.28. The van der Waals surface area contributed by atoms with Crippen molar-refractivity contribution in [3.63, 3.8) is 0 Å². The van der Waals surface area contributed by atoms with E-state index in [0.717, 1.165) is 46.5 Å². The summed E-state index contributed by atoms with van der Waals surface area (Å²) in [4.78, 5) is 17.1. The molecule has 6 heteroatoms. The van der Waals surface area contributed by atoms with Crippen molar-refractivity contribution in [1.82, 2.24) is 9.55 Å². The van der Waals surface area contributed by atoms with Crippen LogP contribution in [0.4, 0.5) is 0 Å². The molecule has 0 radical (unpaired) electrons. The highest BCUT2D eigenvalue weighted by atomic mass is 16.5. The Labute approximate surface area is 182 Å². The molecule has 6 nitrogen and oxygen atoms in total. The smallest absolute Gasteiger partial charge is 0.351 e. The molecule has 0 aliphatic carbocycles. The Balaban J connectivity index is 1.84. The molecule has 1 aliphatic rings. The molecule has 0 saturated carbocycles. The largest absolute Gasteiger partial charge is 0.493 e. The summed E-state index contributed by atoms with van der Waals surface area (Å²) in [7, 11) is 3.23. The topological polar surface area (TPSA) is 62.6 Å². The second-order valence-electron chi connectivity index (χ2n) is 7.97. The van der Waals surface area contributed by atoms with Gasteiger partial charge >= 0.3 is 5.69 Å². The van der Waals surface area contributed by atoms with Crippen molar-refractivity contribution in [1.29, 1.82) is 0 Å². The van der Waals surface area contributed by atoms with Crippen LogP contribution in [0.25, 0.3) is 11.3 Å². The van der Waals surface area contributed by atoms with Crippen LogP contribution < -0.4 is 19.9 Å². The van der Waals surface area contributed by atoms with E-state index in [4.69, 9.17) is 14.2 Å². The summed E-state index contributed by atoms with van der Waals surface area (Å²) < 4.78 is 18.9. The number of rotatable bonds is 6. The Morgan fingerprint density at radius 1 is 1.10 bits per heavy atom. The van der Waals surface area contributed by atoms with Crippen molar-refractivity contribution in [2.45, 2.75) is 46.1 Å². The van der Waals surface area contributed by atoms with Crippen LogP contribution in [0.5, 0.6) is 23.1 Å². The van der Waals surface area contributed by atoms with Crippen LogP contribution in [0.15, 0.2) is 41.2 Å². The van der Waals surface area contributed by atoms with Crippen molar-refractivity contribution >= 4 is 0 Å². The van der Waals surface area contributed by atoms with Crippen molar-refractivity contribution in [2.75, 3.05) is 14.2 Å². The standard InChI is InChI=1S/C25H28N2O4/c1-6-16-8-7-9-18(15(2)3)24(16)31-23-14-20-19-13-22(30-5)21(29-4)12-17(19)10-11-27(20)25(28)26-23/h7-9,12-15H,6,10-11H2,1-5H3. The minimum absolute atomic E-state index is 0.290. The molecule has 1 aliphatic heterocycles. The average molecular weight is 421 g/mol. The van der Waals surface area contributed by atoms with Gasteiger partial charge in [0.25, 0.3) is 0 Å². The highest BCUT2D eigenvalue weighted by Gasteiger charge is 2.23. The Bertz CT molecular complexity index is 1180. The third-order valence-electron chi connectivity index (χ3n) is 5.81. The van der Waals surface area contributed by atoms with Crippen LogP contribution in [-0.4, -0.2) is 23.8 Å². The summed E-state index contributed by atoms with van der Waals surface area (Å²) >= 11 is 0. The molecule has 4 rings (SSSR count). The number of ether oxygens (including phenoxy) is 3. The number of aryl methyl sites for hydroxylation is 2. The Hall–Kier alpha value is -3.28. The number of aromatic nitrogens is 2. The van der Waals surface area contributed by atoms with E-state index in [9.17, 15) is 4.79 Å². The predicted octanol–water partition coefficient (Wildman–Crippen LogP) is 4.96. The molecule has 1 aromatic heterocycles. The monoisotopic (exact) mass is 420 g/mol. The lowest BCUT2D eigenvalue weighted by atomic mass is 9.96. The number of nitrogens with zero attached hydrogens (tertiary/aromatic N) is 2. The first-order valence-electron chi connectivity index (χ1n) is 10.6. The highest BCUT2D eigenvalue weighted by Crippen LogP contribution is 2.39. The minimum atomic E-state index is -0.312. The fourth-order valence-electron chi connectivity index (χ4n) is 4.14. The highest BCUT2D eigenvalue weighted by molar-refractivity contribution is 5.70. The lowest BCUT2D eigenvalue weighted by Gasteiger charge is -2.24. The zero-order chi connectivity index (χ0) is 22.1. The summed E-state index contributed by atoms with van der Waals surface area (Å²) in [6.07, 6.45) is 1.56. The van der Waals surface area contributed by atoms with E-state index in [0.29, 0.717) is 23.9 Å². The molecule has 0 unspecified atom stereocenters. The van der Waals surface area contributed by atoms with Gasteiger partial charge in [-0.1, -0.05) is 39.0 Å². The number of benzene rings is 2. The van der Waals surface area contributed by atoms with Crippen LogP contribution in [0.2, 0.25) is 0 Å². The van der Waals surface area contributed by atoms with E-state index in [2.05, 4.69) is 37.9 Å². The quantitative estimate of drug-likeness (QED) is 0.564.